The first-order valence-electron chi connectivity index (χ1n) is 4.07. The molecule has 78 valence electrons. The summed E-state index contributed by atoms with van der Waals surface area (Å²) in [5, 5.41) is 15.4. The summed E-state index contributed by atoms with van der Waals surface area (Å²) in [6.45, 7) is 2.07. The van der Waals surface area contributed by atoms with E-state index in [9.17, 15) is 4.79 Å². The molecule has 1 aromatic heterocycles. The summed E-state index contributed by atoms with van der Waals surface area (Å²) in [6.07, 6.45) is -1.19. The second kappa shape index (κ2) is 4.68. The molecule has 0 bridgehead atoms. The molecular weight excluding hydrogens is 188 g/mol. The molecule has 1 heterocycles. The summed E-state index contributed by atoms with van der Waals surface area (Å²) in [6, 6.07) is 0. The Morgan fingerprint density at radius 2 is 2.50 bits per heavy atom. The maximum absolute atomic E-state index is 10.4. The van der Waals surface area contributed by atoms with Gasteiger partial charge in [0.05, 0.1) is 6.54 Å². The number of nitrogens with two attached hydrogens (primary N) is 1. The Kier molecular flexibility index (Phi) is 3.55. The van der Waals surface area contributed by atoms with Crippen molar-refractivity contribution >= 4 is 5.91 Å². The van der Waals surface area contributed by atoms with E-state index in [2.05, 4.69) is 15.5 Å². The van der Waals surface area contributed by atoms with Crippen LogP contribution in [0.5, 0.6) is 0 Å². The first-order chi connectivity index (χ1) is 6.59. The van der Waals surface area contributed by atoms with Crippen LogP contribution < -0.4 is 11.1 Å². The molecule has 0 aliphatic heterocycles. The Morgan fingerprint density at radius 3 is 3.00 bits per heavy atom. The summed E-state index contributed by atoms with van der Waals surface area (Å²) >= 11 is 0. The predicted molar refractivity (Wildman–Crippen MR) is 45.9 cm³/mol. The molecule has 14 heavy (non-hydrogen) atoms. The van der Waals surface area contributed by atoms with Crippen molar-refractivity contribution in [2.45, 2.75) is 19.6 Å². The van der Waals surface area contributed by atoms with E-state index < -0.39 is 12.0 Å². The Bertz CT molecular complexity index is 312. The number of nitrogens with one attached hydrogen (secondary N) is 1. The molecule has 0 saturated heterocycles. The van der Waals surface area contributed by atoms with Gasteiger partial charge in [-0.3, -0.25) is 4.79 Å². The van der Waals surface area contributed by atoms with Gasteiger partial charge in [0.25, 0.3) is 0 Å². The topological polar surface area (TPSA) is 114 Å². The third kappa shape index (κ3) is 3.11. The maximum Gasteiger partial charge on any atom is 0.247 e. The zero-order valence-corrected chi connectivity index (χ0v) is 7.73. The lowest BCUT2D eigenvalue weighted by molar-refractivity contribution is -0.125. The fourth-order valence-corrected chi connectivity index (χ4v) is 0.834. The normalized spacial score (nSPS) is 12.7. The van der Waals surface area contributed by atoms with Crippen molar-refractivity contribution in [3.05, 3.63) is 11.7 Å². The minimum atomic E-state index is -1.19. The van der Waals surface area contributed by atoms with Crippen molar-refractivity contribution in [3.8, 4) is 0 Å². The molecule has 0 aliphatic carbocycles. The monoisotopic (exact) mass is 200 g/mol. The van der Waals surface area contributed by atoms with Crippen molar-refractivity contribution in [1.82, 2.24) is 15.5 Å². The highest BCUT2D eigenvalue weighted by Crippen LogP contribution is 1.93. The van der Waals surface area contributed by atoms with Crippen LogP contribution in [0.25, 0.3) is 0 Å². The smallest absolute Gasteiger partial charge is 0.247 e. The van der Waals surface area contributed by atoms with Crippen LogP contribution in [0, 0.1) is 6.92 Å². The Morgan fingerprint density at radius 1 is 1.79 bits per heavy atom. The van der Waals surface area contributed by atoms with E-state index >= 15 is 0 Å². The van der Waals surface area contributed by atoms with Crippen molar-refractivity contribution in [1.29, 1.82) is 0 Å². The lowest BCUT2D eigenvalue weighted by Gasteiger charge is -2.05. The van der Waals surface area contributed by atoms with E-state index in [0.29, 0.717) is 18.3 Å². The molecule has 0 aromatic carbocycles. The molecule has 1 amide bonds. The number of aliphatic hydroxyl groups is 1. The minimum Gasteiger partial charge on any atom is -0.382 e. The van der Waals surface area contributed by atoms with Gasteiger partial charge in [0.2, 0.25) is 11.8 Å². The standard InChI is InChI=1S/C7H12N4O3/c1-4-10-6(11-14-4)3-9-2-5(12)7(8)13/h5,9,12H,2-3H2,1H3,(H2,8,13). The van der Waals surface area contributed by atoms with Crippen LogP contribution in [-0.2, 0) is 11.3 Å². The number of carbonyl (C=O) groups is 1. The van der Waals surface area contributed by atoms with Gasteiger partial charge in [0.1, 0.15) is 6.10 Å². The van der Waals surface area contributed by atoms with E-state index in [4.69, 9.17) is 15.4 Å². The molecule has 0 saturated carbocycles. The number of carbonyl (C=O) groups excluding carboxylic acids is 1. The van der Waals surface area contributed by atoms with Crippen LogP contribution >= 0.6 is 0 Å². The first-order valence-corrected chi connectivity index (χ1v) is 4.07. The van der Waals surface area contributed by atoms with Crippen LogP contribution in [-0.4, -0.2) is 33.8 Å². The number of aliphatic hydroxyl groups excluding tert-OH is 1. The lowest BCUT2D eigenvalue weighted by Crippen LogP contribution is -2.37. The van der Waals surface area contributed by atoms with E-state index in [1.165, 1.54) is 0 Å². The summed E-state index contributed by atoms with van der Waals surface area (Å²) < 4.78 is 4.71. The van der Waals surface area contributed by atoms with Crippen LogP contribution in [0.15, 0.2) is 4.52 Å². The van der Waals surface area contributed by atoms with Crippen molar-refractivity contribution in [3.63, 3.8) is 0 Å². The molecule has 0 fully saturated rings. The first kappa shape index (κ1) is 10.6. The van der Waals surface area contributed by atoms with Gasteiger partial charge in [-0.05, 0) is 0 Å². The number of hydrogen-bond donors (Lipinski definition) is 3. The number of amides is 1. The van der Waals surface area contributed by atoms with Gasteiger partial charge < -0.3 is 20.7 Å². The highest BCUT2D eigenvalue weighted by atomic mass is 16.5. The number of primary amides is 1. The zero-order valence-electron chi connectivity index (χ0n) is 7.73. The third-order valence-electron chi connectivity index (χ3n) is 1.52. The Hall–Kier alpha value is -1.47. The molecule has 1 aromatic rings. The molecule has 0 spiro atoms. The fourth-order valence-electron chi connectivity index (χ4n) is 0.834. The summed E-state index contributed by atoms with van der Waals surface area (Å²) in [7, 11) is 0. The molecular formula is C7H12N4O3. The van der Waals surface area contributed by atoms with Crippen molar-refractivity contribution in [2.75, 3.05) is 6.54 Å². The quantitative estimate of drug-likeness (QED) is 0.522. The van der Waals surface area contributed by atoms with Gasteiger partial charge in [-0.2, -0.15) is 4.98 Å². The highest BCUT2D eigenvalue weighted by molar-refractivity contribution is 5.78. The molecule has 4 N–H and O–H groups in total. The molecule has 7 heteroatoms. The number of aromatic nitrogens is 2. The molecule has 0 radical (unpaired) electrons. The van der Waals surface area contributed by atoms with Crippen molar-refractivity contribution in [2.24, 2.45) is 5.73 Å². The average Bonchev–Trinajstić information content (AvgIpc) is 2.51. The second-order valence-corrected chi connectivity index (χ2v) is 2.78. The maximum atomic E-state index is 10.4. The third-order valence-corrected chi connectivity index (χ3v) is 1.52. The van der Waals surface area contributed by atoms with Crippen molar-refractivity contribution < 1.29 is 14.4 Å². The van der Waals surface area contributed by atoms with E-state index in [-0.39, 0.29) is 6.54 Å². The van der Waals surface area contributed by atoms with Crippen LogP contribution in [0.2, 0.25) is 0 Å². The average molecular weight is 200 g/mol. The second-order valence-electron chi connectivity index (χ2n) is 2.78. The molecule has 1 unspecified atom stereocenters. The Labute approximate surface area is 80.3 Å². The largest absolute Gasteiger partial charge is 0.382 e. The van der Waals surface area contributed by atoms with Crippen LogP contribution in [0.3, 0.4) is 0 Å². The van der Waals surface area contributed by atoms with Crippen LogP contribution in [0.1, 0.15) is 11.7 Å². The van der Waals surface area contributed by atoms with Gasteiger partial charge in [-0.25, -0.2) is 0 Å². The summed E-state index contributed by atoms with van der Waals surface area (Å²) in [5.74, 6) is 0.179. The van der Waals surface area contributed by atoms with Gasteiger partial charge in [-0.15, -0.1) is 0 Å². The molecule has 7 nitrogen and oxygen atoms in total. The number of aryl methyl sites for hydroxylation is 1. The Balaban J connectivity index is 2.25. The van der Waals surface area contributed by atoms with Gasteiger partial charge >= 0.3 is 0 Å². The number of hydrogen-bond acceptors (Lipinski definition) is 6. The van der Waals surface area contributed by atoms with Gasteiger partial charge in [0.15, 0.2) is 5.82 Å². The van der Waals surface area contributed by atoms with Gasteiger partial charge in [0, 0.05) is 13.5 Å². The molecule has 1 rings (SSSR count). The van der Waals surface area contributed by atoms with Gasteiger partial charge in [-0.1, -0.05) is 5.16 Å². The highest BCUT2D eigenvalue weighted by Gasteiger charge is 2.10. The number of rotatable bonds is 5. The SMILES string of the molecule is Cc1nc(CNCC(O)C(N)=O)no1. The fraction of sp³-hybridized carbons (Fsp3) is 0.571. The summed E-state index contributed by atoms with van der Waals surface area (Å²) in [4.78, 5) is 14.3. The number of nitrogens with zero attached hydrogens (tertiary/aromatic N) is 2. The molecule has 1 atom stereocenters. The van der Waals surface area contributed by atoms with E-state index in [0.717, 1.165) is 0 Å². The minimum absolute atomic E-state index is 0.0723. The zero-order chi connectivity index (χ0) is 10.6. The lowest BCUT2D eigenvalue weighted by atomic mass is 10.3. The van der Waals surface area contributed by atoms with E-state index in [1.54, 1.807) is 6.92 Å². The summed E-state index contributed by atoms with van der Waals surface area (Å²) in [5.41, 5.74) is 4.84. The molecule has 0 aliphatic rings. The van der Waals surface area contributed by atoms with Crippen LogP contribution in [0.4, 0.5) is 0 Å². The van der Waals surface area contributed by atoms with E-state index in [1.807, 2.05) is 0 Å². The predicted octanol–water partition coefficient (Wildman–Crippen LogP) is -1.69.